The summed E-state index contributed by atoms with van der Waals surface area (Å²) in [7, 11) is 0. The van der Waals surface area contributed by atoms with Crippen molar-refractivity contribution >= 4 is 11.8 Å². The third-order valence-electron chi connectivity index (χ3n) is 3.47. The van der Waals surface area contributed by atoms with E-state index < -0.39 is 0 Å². The van der Waals surface area contributed by atoms with E-state index in [0.717, 1.165) is 6.54 Å². The normalized spacial score (nSPS) is 26.2. The molecule has 90 valence electrons. The van der Waals surface area contributed by atoms with Crippen molar-refractivity contribution in [2.45, 2.75) is 44.9 Å². The van der Waals surface area contributed by atoms with Gasteiger partial charge >= 0.3 is 0 Å². The molecule has 0 aliphatic carbocycles. The van der Waals surface area contributed by atoms with Crippen molar-refractivity contribution in [3.8, 4) is 0 Å². The van der Waals surface area contributed by atoms with Crippen molar-refractivity contribution < 1.29 is 0 Å². The number of rotatable bonds is 4. The molecule has 1 aliphatic rings. The Bertz CT molecular complexity index is 194. The van der Waals surface area contributed by atoms with Crippen molar-refractivity contribution in [2.24, 2.45) is 11.7 Å². The maximum atomic E-state index is 5.92. The van der Waals surface area contributed by atoms with Gasteiger partial charge in [-0.25, -0.2) is 0 Å². The number of thioether (sulfide) groups is 1. The van der Waals surface area contributed by atoms with E-state index in [1.807, 2.05) is 0 Å². The van der Waals surface area contributed by atoms with Gasteiger partial charge in [-0.05, 0) is 19.8 Å². The molecule has 15 heavy (non-hydrogen) atoms. The first-order chi connectivity index (χ1) is 7.00. The maximum Gasteiger partial charge on any atom is 0.0244 e. The molecule has 0 spiro atoms. The van der Waals surface area contributed by atoms with Crippen LogP contribution in [0.25, 0.3) is 0 Å². The molecule has 2 nitrogen and oxygen atoms in total. The molecule has 1 aliphatic heterocycles. The topological polar surface area (TPSA) is 29.3 Å². The van der Waals surface area contributed by atoms with Crippen molar-refractivity contribution in [3.05, 3.63) is 0 Å². The van der Waals surface area contributed by atoms with Gasteiger partial charge < -0.3 is 5.73 Å². The lowest BCUT2D eigenvalue weighted by molar-refractivity contribution is 0.143. The van der Waals surface area contributed by atoms with Gasteiger partial charge in [0.25, 0.3) is 0 Å². The summed E-state index contributed by atoms with van der Waals surface area (Å²) in [5.74, 6) is 1.97. The second-order valence-electron chi connectivity index (χ2n) is 5.27. The Labute approximate surface area is 99.0 Å². The highest BCUT2D eigenvalue weighted by atomic mass is 32.2. The molecule has 0 bridgehead atoms. The molecule has 0 saturated carbocycles. The average Bonchev–Trinajstić information content (AvgIpc) is 2.17. The molecule has 0 aromatic heterocycles. The Morgan fingerprint density at radius 2 is 2.13 bits per heavy atom. The smallest absolute Gasteiger partial charge is 0.0244 e. The summed E-state index contributed by atoms with van der Waals surface area (Å²) in [6.07, 6.45) is 1.23. The molecule has 2 unspecified atom stereocenters. The highest BCUT2D eigenvalue weighted by Crippen LogP contribution is 2.31. The number of hydrogen-bond donors (Lipinski definition) is 1. The quantitative estimate of drug-likeness (QED) is 0.803. The van der Waals surface area contributed by atoms with Gasteiger partial charge in [0.2, 0.25) is 0 Å². The SMILES string of the molecule is CCC(C)C(CN)N1CCSC(C)(C)C1. The minimum atomic E-state index is 0.402. The molecule has 1 fully saturated rings. The van der Waals surface area contributed by atoms with Crippen LogP contribution in [-0.4, -0.2) is 41.1 Å². The Kier molecular flexibility index (Phi) is 4.94. The molecule has 1 saturated heterocycles. The predicted octanol–water partition coefficient (Wildman–Crippen LogP) is 2.19. The van der Waals surface area contributed by atoms with E-state index in [0.29, 0.717) is 16.7 Å². The monoisotopic (exact) mass is 230 g/mol. The molecular weight excluding hydrogens is 204 g/mol. The van der Waals surface area contributed by atoms with Gasteiger partial charge in [-0.1, -0.05) is 20.3 Å². The fourth-order valence-corrected chi connectivity index (χ4v) is 3.48. The van der Waals surface area contributed by atoms with E-state index in [9.17, 15) is 0 Å². The molecule has 0 aromatic rings. The van der Waals surface area contributed by atoms with E-state index in [1.165, 1.54) is 25.3 Å². The van der Waals surface area contributed by atoms with E-state index in [1.54, 1.807) is 0 Å². The zero-order chi connectivity index (χ0) is 11.5. The molecule has 0 aromatic carbocycles. The molecular formula is C12H26N2S. The standard InChI is InChI=1S/C12H26N2S/c1-5-10(2)11(8-13)14-6-7-15-12(3,4)9-14/h10-11H,5-9,13H2,1-4H3. The lowest BCUT2D eigenvalue weighted by atomic mass is 9.96. The average molecular weight is 230 g/mol. The van der Waals surface area contributed by atoms with Crippen LogP contribution in [-0.2, 0) is 0 Å². The third kappa shape index (κ3) is 3.65. The van der Waals surface area contributed by atoms with Crippen LogP contribution in [0.2, 0.25) is 0 Å². The first-order valence-corrected chi connectivity index (χ1v) is 7.07. The van der Waals surface area contributed by atoms with Crippen molar-refractivity contribution in [1.82, 2.24) is 4.90 Å². The van der Waals surface area contributed by atoms with Crippen molar-refractivity contribution in [3.63, 3.8) is 0 Å². The molecule has 3 heteroatoms. The zero-order valence-corrected chi connectivity index (χ0v) is 11.4. The lowest BCUT2D eigenvalue weighted by Gasteiger charge is -2.43. The van der Waals surface area contributed by atoms with E-state index >= 15 is 0 Å². The highest BCUT2D eigenvalue weighted by molar-refractivity contribution is 8.00. The summed E-state index contributed by atoms with van der Waals surface area (Å²) in [5, 5.41) is 0. The fourth-order valence-electron chi connectivity index (χ4n) is 2.35. The zero-order valence-electron chi connectivity index (χ0n) is 10.6. The first-order valence-electron chi connectivity index (χ1n) is 6.08. The third-order valence-corrected chi connectivity index (χ3v) is 4.76. The van der Waals surface area contributed by atoms with Gasteiger partial charge in [0.05, 0.1) is 0 Å². The summed E-state index contributed by atoms with van der Waals surface area (Å²) >= 11 is 2.09. The van der Waals surface area contributed by atoms with Gasteiger partial charge in [-0.2, -0.15) is 11.8 Å². The summed E-state index contributed by atoms with van der Waals surface area (Å²) in [5.41, 5.74) is 5.92. The maximum absolute atomic E-state index is 5.92. The minimum absolute atomic E-state index is 0.402. The summed E-state index contributed by atoms with van der Waals surface area (Å²) < 4.78 is 0.402. The van der Waals surface area contributed by atoms with E-state index in [-0.39, 0.29) is 0 Å². The second kappa shape index (κ2) is 5.55. The number of nitrogens with zero attached hydrogens (tertiary/aromatic N) is 1. The van der Waals surface area contributed by atoms with Gasteiger partial charge in [0.1, 0.15) is 0 Å². The summed E-state index contributed by atoms with van der Waals surface area (Å²) in [6.45, 7) is 12.5. The van der Waals surface area contributed by atoms with Crippen LogP contribution in [0.5, 0.6) is 0 Å². The van der Waals surface area contributed by atoms with Crippen LogP contribution in [0.15, 0.2) is 0 Å². The molecule has 0 radical (unpaired) electrons. The Hall–Kier alpha value is 0.270. The highest BCUT2D eigenvalue weighted by Gasteiger charge is 2.32. The Morgan fingerprint density at radius 1 is 1.47 bits per heavy atom. The molecule has 1 rings (SSSR count). The molecule has 1 heterocycles. The second-order valence-corrected chi connectivity index (χ2v) is 7.07. The van der Waals surface area contributed by atoms with Crippen LogP contribution < -0.4 is 5.73 Å². The Balaban J connectivity index is 2.60. The van der Waals surface area contributed by atoms with Crippen LogP contribution >= 0.6 is 11.8 Å². The first kappa shape index (κ1) is 13.3. The van der Waals surface area contributed by atoms with Crippen LogP contribution in [0, 0.1) is 5.92 Å². The van der Waals surface area contributed by atoms with Crippen LogP contribution in [0.3, 0.4) is 0 Å². The van der Waals surface area contributed by atoms with Crippen molar-refractivity contribution in [1.29, 1.82) is 0 Å². The van der Waals surface area contributed by atoms with E-state index in [2.05, 4.69) is 44.4 Å². The number of nitrogens with two attached hydrogens (primary N) is 1. The van der Waals surface area contributed by atoms with E-state index in [4.69, 9.17) is 5.73 Å². The fraction of sp³-hybridized carbons (Fsp3) is 1.00. The Morgan fingerprint density at radius 3 is 2.60 bits per heavy atom. The minimum Gasteiger partial charge on any atom is -0.329 e. The lowest BCUT2D eigenvalue weighted by Crippen LogP contribution is -2.53. The summed E-state index contributed by atoms with van der Waals surface area (Å²) in [4.78, 5) is 2.60. The van der Waals surface area contributed by atoms with Crippen molar-refractivity contribution in [2.75, 3.05) is 25.4 Å². The molecule has 2 atom stereocenters. The predicted molar refractivity (Wildman–Crippen MR) is 70.4 cm³/mol. The molecule has 2 N–H and O–H groups in total. The van der Waals surface area contributed by atoms with Gasteiger partial charge in [0, 0.05) is 36.2 Å². The largest absolute Gasteiger partial charge is 0.329 e. The van der Waals surface area contributed by atoms with Crippen LogP contribution in [0.4, 0.5) is 0 Å². The van der Waals surface area contributed by atoms with Gasteiger partial charge in [0.15, 0.2) is 0 Å². The summed E-state index contributed by atoms with van der Waals surface area (Å²) in [6, 6.07) is 0.579. The van der Waals surface area contributed by atoms with Crippen LogP contribution in [0.1, 0.15) is 34.1 Å². The van der Waals surface area contributed by atoms with Gasteiger partial charge in [-0.3, -0.25) is 4.90 Å². The van der Waals surface area contributed by atoms with Gasteiger partial charge in [-0.15, -0.1) is 0 Å². The molecule has 0 amide bonds. The number of hydrogen-bond acceptors (Lipinski definition) is 3.